The van der Waals surface area contributed by atoms with Gasteiger partial charge in [0.15, 0.2) is 11.0 Å². The molecule has 0 aliphatic heterocycles. The Balaban J connectivity index is 0.000000322. The second kappa shape index (κ2) is 12.3. The van der Waals surface area contributed by atoms with Crippen molar-refractivity contribution in [2.45, 2.75) is 100 Å². The van der Waals surface area contributed by atoms with Gasteiger partial charge in [-0.3, -0.25) is 4.79 Å². The van der Waals surface area contributed by atoms with Crippen molar-refractivity contribution in [3.05, 3.63) is 0 Å². The molecule has 5 saturated carbocycles. The van der Waals surface area contributed by atoms with Crippen LogP contribution < -0.4 is 0 Å². The first-order chi connectivity index (χ1) is 18.8. The number of carbonyl (C=O) groups excluding carboxylic acids is 2. The predicted octanol–water partition coefficient (Wildman–Crippen LogP) is 5.92. The van der Waals surface area contributed by atoms with Crippen molar-refractivity contribution in [3.63, 3.8) is 0 Å². The first-order valence-electron chi connectivity index (χ1n) is 13.8. The van der Waals surface area contributed by atoms with E-state index < -0.39 is 45.2 Å². The molecule has 0 amide bonds. The number of hydrogen-bond acceptors (Lipinski definition) is 6. The summed E-state index contributed by atoms with van der Waals surface area (Å²) < 4.78 is 111. The fraction of sp³-hybridized carbons (Fsp3) is 0.923. The van der Waals surface area contributed by atoms with Gasteiger partial charge < -0.3 is 9.29 Å². The maximum Gasteiger partial charge on any atom is 0.426 e. The summed E-state index contributed by atoms with van der Waals surface area (Å²) in [6.07, 6.45) is -5.37. The van der Waals surface area contributed by atoms with E-state index in [-0.39, 0.29) is 23.1 Å². The Morgan fingerprint density at radius 3 is 1.93 bits per heavy atom. The molecule has 0 radical (unpaired) electrons. The molecule has 0 heterocycles. The lowest BCUT2D eigenvalue weighted by atomic mass is 9.45. The first-order valence-corrected chi connectivity index (χ1v) is 17.4. The predicted molar refractivity (Wildman–Crippen MR) is 141 cm³/mol. The van der Waals surface area contributed by atoms with E-state index in [1.165, 1.54) is 24.3 Å². The molecular weight excluding hydrogens is 622 g/mol. The molecule has 238 valence electrons. The van der Waals surface area contributed by atoms with Crippen LogP contribution >= 0.6 is 11.6 Å². The Labute approximate surface area is 244 Å². The van der Waals surface area contributed by atoms with Gasteiger partial charge in [0.25, 0.3) is 0 Å². The molecule has 6 nitrogen and oxygen atoms in total. The highest BCUT2D eigenvalue weighted by molar-refractivity contribution is 7.98. The summed E-state index contributed by atoms with van der Waals surface area (Å²) in [6.45, 7) is 3.61. The van der Waals surface area contributed by atoms with Gasteiger partial charge >= 0.3 is 23.1 Å². The Morgan fingerprint density at radius 2 is 1.51 bits per heavy atom. The number of Topliss-reactive ketones (excluding diaryl/α,β-unsaturated/α-hetero) is 1. The zero-order valence-electron chi connectivity index (χ0n) is 23.0. The first kappa shape index (κ1) is 34.8. The number of alkyl halides is 7. The molecule has 0 aromatic rings. The maximum atomic E-state index is 13.2. The van der Waals surface area contributed by atoms with Crippen LogP contribution in [0.15, 0.2) is 0 Å². The van der Waals surface area contributed by atoms with Crippen LogP contribution in [0.3, 0.4) is 0 Å². The van der Waals surface area contributed by atoms with Gasteiger partial charge in [0, 0.05) is 24.1 Å². The van der Waals surface area contributed by atoms with Crippen LogP contribution in [0.4, 0.5) is 26.3 Å². The van der Waals surface area contributed by atoms with Gasteiger partial charge in [0.1, 0.15) is 21.6 Å². The van der Waals surface area contributed by atoms with Crippen molar-refractivity contribution >= 4 is 44.4 Å². The SMILES string of the molecule is CC[S+](CC)C1CCCCC1=O.O=C(OCC12CC3CC(CC(CCl)(C3)C1)C2)C(C(F)(F)F)(C(F)(F)F)S(=O)(=O)[O-]. The summed E-state index contributed by atoms with van der Waals surface area (Å²) in [5.41, 5.74) is -1.20. The highest BCUT2D eigenvalue weighted by Gasteiger charge is 2.81. The molecular formula is C26H37ClF6O6S2. The van der Waals surface area contributed by atoms with Crippen molar-refractivity contribution in [2.24, 2.45) is 22.7 Å². The third-order valence-electron chi connectivity index (χ3n) is 9.20. The van der Waals surface area contributed by atoms with Gasteiger partial charge in [-0.1, -0.05) is 0 Å². The van der Waals surface area contributed by atoms with E-state index in [0.717, 1.165) is 32.1 Å². The van der Waals surface area contributed by atoms with Crippen LogP contribution in [0.2, 0.25) is 0 Å². The molecule has 0 aromatic carbocycles. The average molecular weight is 659 g/mol. The maximum absolute atomic E-state index is 13.2. The molecule has 0 N–H and O–H groups in total. The van der Waals surface area contributed by atoms with E-state index in [1.807, 2.05) is 0 Å². The number of carbonyl (C=O) groups is 2. The fourth-order valence-electron chi connectivity index (χ4n) is 7.98. The summed E-state index contributed by atoms with van der Waals surface area (Å²) in [7, 11) is -6.84. The minimum absolute atomic E-state index is 0.159. The third-order valence-corrected chi connectivity index (χ3v) is 13.9. The molecule has 5 aliphatic carbocycles. The Kier molecular flexibility index (Phi) is 10.5. The van der Waals surface area contributed by atoms with Gasteiger partial charge in [0.05, 0.1) is 6.61 Å². The molecule has 0 saturated heterocycles. The van der Waals surface area contributed by atoms with Gasteiger partial charge in [-0.15, -0.1) is 11.6 Å². The lowest BCUT2D eigenvalue weighted by Gasteiger charge is -2.61. The van der Waals surface area contributed by atoms with E-state index in [1.54, 1.807) is 0 Å². The highest BCUT2D eigenvalue weighted by atomic mass is 35.5. The molecule has 0 aromatic heterocycles. The zero-order chi connectivity index (χ0) is 31.1. The second-order valence-electron chi connectivity index (χ2n) is 12.1. The Hall–Kier alpha value is -0.730. The monoisotopic (exact) mass is 658 g/mol. The summed E-state index contributed by atoms with van der Waals surface area (Å²) >= 11 is 6.07. The van der Waals surface area contributed by atoms with Crippen LogP contribution in [0, 0.1) is 22.7 Å². The van der Waals surface area contributed by atoms with Crippen LogP contribution in [-0.4, -0.2) is 71.1 Å². The van der Waals surface area contributed by atoms with Crippen LogP contribution in [0.5, 0.6) is 0 Å². The molecule has 41 heavy (non-hydrogen) atoms. The number of hydrogen-bond donors (Lipinski definition) is 0. The minimum atomic E-state index is -7.23. The summed E-state index contributed by atoms with van der Waals surface area (Å²) in [5, 5.41) is 0.439. The van der Waals surface area contributed by atoms with Crippen molar-refractivity contribution in [1.29, 1.82) is 0 Å². The fourth-order valence-corrected chi connectivity index (χ4v) is 11.3. The molecule has 5 fully saturated rings. The van der Waals surface area contributed by atoms with E-state index >= 15 is 0 Å². The third kappa shape index (κ3) is 6.69. The summed E-state index contributed by atoms with van der Waals surface area (Å²) in [5.74, 6) is 0.384. The molecule has 5 rings (SSSR count). The van der Waals surface area contributed by atoms with Gasteiger partial charge in [-0.25, -0.2) is 13.2 Å². The normalized spacial score (nSPS) is 32.1. The number of halogens is 7. The van der Waals surface area contributed by atoms with E-state index in [4.69, 9.17) is 11.6 Å². The largest absolute Gasteiger partial charge is 0.747 e. The van der Waals surface area contributed by atoms with Crippen LogP contribution in [0.1, 0.15) is 78.1 Å². The zero-order valence-corrected chi connectivity index (χ0v) is 25.4. The smallest absolute Gasteiger partial charge is 0.426 e. The van der Waals surface area contributed by atoms with E-state index in [0.29, 0.717) is 41.2 Å². The quantitative estimate of drug-likeness (QED) is 0.106. The molecule has 5 aliphatic rings. The second-order valence-corrected chi connectivity index (χ2v) is 16.7. The molecule has 0 spiro atoms. The molecule has 3 unspecified atom stereocenters. The minimum Gasteiger partial charge on any atom is -0.747 e. The summed E-state index contributed by atoms with van der Waals surface area (Å²) in [6, 6.07) is 0. The highest BCUT2D eigenvalue weighted by Crippen LogP contribution is 2.65. The van der Waals surface area contributed by atoms with Crippen LogP contribution in [0.25, 0.3) is 0 Å². The number of ketones is 1. The van der Waals surface area contributed by atoms with Crippen molar-refractivity contribution in [1.82, 2.24) is 0 Å². The Bertz CT molecular complexity index is 1050. The number of rotatable bonds is 8. The van der Waals surface area contributed by atoms with E-state index in [9.17, 15) is 48.9 Å². The summed E-state index contributed by atoms with van der Waals surface area (Å²) in [4.78, 5) is 23.5. The lowest BCUT2D eigenvalue weighted by molar-refractivity contribution is -0.270. The molecule has 4 bridgehead atoms. The standard InChI is InChI=1S/C16H19ClF6O5S.C10H19OS/c17-7-12-2-9-1-10(3-12)5-13(4-9,6-12)8-28-11(24)14(15(18,19)20,16(21,22)23)29(25,26)27;1-3-12(4-2)10-8-6-5-7-9(10)11/h9-10H,1-8H2,(H,25,26,27);10H,3-8H2,1-2H3/q;+1/p-1. The van der Waals surface area contributed by atoms with E-state index in [2.05, 4.69) is 18.6 Å². The van der Waals surface area contributed by atoms with Crippen molar-refractivity contribution < 1.29 is 53.6 Å². The van der Waals surface area contributed by atoms with Gasteiger partial charge in [-0.2, -0.15) is 26.3 Å². The number of esters is 1. The van der Waals surface area contributed by atoms with Gasteiger partial charge in [0.2, 0.25) is 0 Å². The van der Waals surface area contributed by atoms with Crippen LogP contribution in [-0.2, 0) is 35.3 Å². The average Bonchev–Trinajstić information content (AvgIpc) is 2.82. The topological polar surface area (TPSA) is 101 Å². The van der Waals surface area contributed by atoms with Crippen molar-refractivity contribution in [2.75, 3.05) is 24.0 Å². The Morgan fingerprint density at radius 1 is 1.00 bits per heavy atom. The van der Waals surface area contributed by atoms with Crippen molar-refractivity contribution in [3.8, 4) is 0 Å². The molecule has 15 heteroatoms. The van der Waals surface area contributed by atoms with Gasteiger partial charge in [-0.05, 0) is 93.4 Å². The molecule has 3 atom stereocenters. The lowest BCUT2D eigenvalue weighted by Crippen LogP contribution is -2.67. The number of ether oxygens (including phenoxy) is 1.